The predicted octanol–water partition coefficient (Wildman–Crippen LogP) is 3.11. The fourth-order valence-electron chi connectivity index (χ4n) is 1.22. The first-order chi connectivity index (χ1) is 8.63. The predicted molar refractivity (Wildman–Crippen MR) is 70.9 cm³/mol. The third-order valence-electron chi connectivity index (χ3n) is 2.03. The first-order valence-electron chi connectivity index (χ1n) is 4.72. The van der Waals surface area contributed by atoms with E-state index in [2.05, 4.69) is 15.3 Å². The Morgan fingerprint density at radius 1 is 1.44 bits per heavy atom. The molecular formula is C10H7Cl2N3O2S. The van der Waals surface area contributed by atoms with Crippen molar-refractivity contribution in [3.05, 3.63) is 32.8 Å². The van der Waals surface area contributed by atoms with Crippen molar-refractivity contribution in [2.24, 2.45) is 0 Å². The van der Waals surface area contributed by atoms with Crippen LogP contribution in [0.2, 0.25) is 10.2 Å². The Balaban J connectivity index is 2.24. The molecule has 0 bridgehead atoms. The van der Waals surface area contributed by atoms with Crippen molar-refractivity contribution in [2.75, 3.05) is 12.4 Å². The number of anilines is 1. The summed E-state index contributed by atoms with van der Waals surface area (Å²) in [4.78, 5) is 20.0. The molecule has 0 fully saturated rings. The minimum Gasteiger partial charge on any atom is -0.495 e. The average molecular weight is 304 g/mol. The zero-order valence-electron chi connectivity index (χ0n) is 9.11. The smallest absolute Gasteiger partial charge is 0.270 e. The largest absolute Gasteiger partial charge is 0.495 e. The summed E-state index contributed by atoms with van der Waals surface area (Å²) in [6.07, 6.45) is 1.22. The van der Waals surface area contributed by atoms with E-state index in [0.29, 0.717) is 10.6 Å². The maximum atomic E-state index is 12.0. The summed E-state index contributed by atoms with van der Waals surface area (Å²) in [5.74, 6) is 0.296. The molecule has 0 saturated heterocycles. The summed E-state index contributed by atoms with van der Waals surface area (Å²) >= 11 is 12.9. The molecule has 0 unspecified atom stereocenters. The van der Waals surface area contributed by atoms with Crippen molar-refractivity contribution in [2.45, 2.75) is 0 Å². The number of hydrogen-bond donors (Lipinski definition) is 1. The highest BCUT2D eigenvalue weighted by Crippen LogP contribution is 2.28. The third kappa shape index (κ3) is 2.55. The lowest BCUT2D eigenvalue weighted by molar-refractivity contribution is 0.102. The molecule has 8 heteroatoms. The van der Waals surface area contributed by atoms with Gasteiger partial charge in [0.05, 0.1) is 7.11 Å². The number of halogens is 2. The first kappa shape index (κ1) is 13.1. The van der Waals surface area contributed by atoms with Crippen LogP contribution in [0.4, 0.5) is 5.82 Å². The highest BCUT2D eigenvalue weighted by Gasteiger charge is 2.17. The van der Waals surface area contributed by atoms with E-state index in [0.717, 1.165) is 0 Å². The van der Waals surface area contributed by atoms with Crippen LogP contribution in [-0.4, -0.2) is 23.0 Å². The number of ether oxygens (including phenoxy) is 1. The van der Waals surface area contributed by atoms with Crippen LogP contribution >= 0.6 is 34.5 Å². The monoisotopic (exact) mass is 303 g/mol. The molecule has 0 aromatic carbocycles. The molecule has 5 nitrogen and oxygen atoms in total. The highest BCUT2D eigenvalue weighted by molar-refractivity contribution is 7.12. The second-order valence-corrected chi connectivity index (χ2v) is 4.75. The molecular weight excluding hydrogens is 297 g/mol. The number of nitrogens with zero attached hydrogens (tertiary/aromatic N) is 2. The van der Waals surface area contributed by atoms with Crippen molar-refractivity contribution in [1.29, 1.82) is 0 Å². The van der Waals surface area contributed by atoms with E-state index in [4.69, 9.17) is 27.9 Å². The van der Waals surface area contributed by atoms with Gasteiger partial charge in [0.25, 0.3) is 5.91 Å². The second-order valence-electron chi connectivity index (χ2n) is 3.10. The lowest BCUT2D eigenvalue weighted by Crippen LogP contribution is -2.13. The van der Waals surface area contributed by atoms with E-state index < -0.39 is 0 Å². The van der Waals surface area contributed by atoms with E-state index in [1.807, 2.05) is 0 Å². The summed E-state index contributed by atoms with van der Waals surface area (Å²) in [7, 11) is 1.49. The lowest BCUT2D eigenvalue weighted by Gasteiger charge is -2.06. The Morgan fingerprint density at radius 2 is 2.22 bits per heavy atom. The molecule has 2 rings (SSSR count). The molecule has 0 saturated carbocycles. The fraction of sp³-hybridized carbons (Fsp3) is 0.100. The van der Waals surface area contributed by atoms with Crippen LogP contribution in [0, 0.1) is 0 Å². The van der Waals surface area contributed by atoms with Gasteiger partial charge < -0.3 is 10.1 Å². The average Bonchev–Trinajstić information content (AvgIpc) is 2.83. The standard InChI is InChI=1S/C10H7Cl2N3O2S/c1-17-5-2-3-18-7(5)10(16)15-9-6(11)8(12)13-4-14-9/h2-4H,1H3,(H,13,14,15,16). The summed E-state index contributed by atoms with van der Waals surface area (Å²) < 4.78 is 5.06. The molecule has 2 heterocycles. The van der Waals surface area contributed by atoms with Crippen LogP contribution in [0.25, 0.3) is 0 Å². The van der Waals surface area contributed by atoms with Crippen molar-refractivity contribution in [3.8, 4) is 5.75 Å². The maximum absolute atomic E-state index is 12.0. The van der Waals surface area contributed by atoms with Crippen LogP contribution in [0.1, 0.15) is 9.67 Å². The van der Waals surface area contributed by atoms with Gasteiger partial charge in [-0.3, -0.25) is 4.79 Å². The minimum absolute atomic E-state index is 0.0834. The summed E-state index contributed by atoms with van der Waals surface area (Å²) in [6.45, 7) is 0. The van der Waals surface area contributed by atoms with E-state index in [9.17, 15) is 4.79 Å². The molecule has 18 heavy (non-hydrogen) atoms. The van der Waals surface area contributed by atoms with Gasteiger partial charge in [-0.1, -0.05) is 23.2 Å². The van der Waals surface area contributed by atoms with Gasteiger partial charge >= 0.3 is 0 Å². The summed E-state index contributed by atoms with van der Waals surface area (Å²) in [5.41, 5.74) is 0. The molecule has 0 radical (unpaired) electrons. The fourth-order valence-corrected chi connectivity index (χ4v) is 2.25. The van der Waals surface area contributed by atoms with Gasteiger partial charge in [0.2, 0.25) is 0 Å². The molecule has 0 spiro atoms. The molecule has 0 aliphatic heterocycles. The normalized spacial score (nSPS) is 10.2. The Morgan fingerprint density at radius 3 is 2.94 bits per heavy atom. The SMILES string of the molecule is COc1ccsc1C(=O)Nc1ncnc(Cl)c1Cl. The number of thiophene rings is 1. The molecule has 1 N–H and O–H groups in total. The number of rotatable bonds is 3. The number of aromatic nitrogens is 2. The van der Waals surface area contributed by atoms with Gasteiger partial charge in [0.1, 0.15) is 22.0 Å². The van der Waals surface area contributed by atoms with Gasteiger partial charge in [-0.15, -0.1) is 11.3 Å². The van der Waals surface area contributed by atoms with E-state index >= 15 is 0 Å². The van der Waals surface area contributed by atoms with Gasteiger partial charge in [0, 0.05) is 0 Å². The molecule has 0 aliphatic carbocycles. The number of hydrogen-bond acceptors (Lipinski definition) is 5. The molecule has 0 aliphatic rings. The van der Waals surface area contributed by atoms with Gasteiger partial charge in [-0.2, -0.15) is 0 Å². The zero-order chi connectivity index (χ0) is 13.1. The first-order valence-corrected chi connectivity index (χ1v) is 6.36. The van der Waals surface area contributed by atoms with E-state index in [-0.39, 0.29) is 21.9 Å². The lowest BCUT2D eigenvalue weighted by atomic mass is 10.4. The van der Waals surface area contributed by atoms with Gasteiger partial charge in [0.15, 0.2) is 11.0 Å². The Labute approximate surface area is 117 Å². The molecule has 2 aromatic heterocycles. The number of carbonyl (C=O) groups is 1. The Kier molecular flexibility index (Phi) is 4.00. The van der Waals surface area contributed by atoms with Crippen LogP contribution in [0.15, 0.2) is 17.8 Å². The summed E-state index contributed by atoms with van der Waals surface area (Å²) in [6, 6.07) is 1.70. The van der Waals surface area contributed by atoms with Crippen molar-refractivity contribution < 1.29 is 9.53 Å². The van der Waals surface area contributed by atoms with Crippen LogP contribution in [0.5, 0.6) is 5.75 Å². The number of amides is 1. The quantitative estimate of drug-likeness (QED) is 0.885. The van der Waals surface area contributed by atoms with Crippen molar-refractivity contribution >= 4 is 46.3 Å². The van der Waals surface area contributed by atoms with E-state index in [1.54, 1.807) is 11.4 Å². The minimum atomic E-state index is -0.362. The van der Waals surface area contributed by atoms with Crippen molar-refractivity contribution in [3.63, 3.8) is 0 Å². The van der Waals surface area contributed by atoms with Crippen LogP contribution < -0.4 is 10.1 Å². The van der Waals surface area contributed by atoms with Crippen molar-refractivity contribution in [1.82, 2.24) is 9.97 Å². The van der Waals surface area contributed by atoms with Gasteiger partial charge in [-0.05, 0) is 11.4 Å². The van der Waals surface area contributed by atoms with E-state index in [1.165, 1.54) is 24.8 Å². The molecule has 1 amide bonds. The topological polar surface area (TPSA) is 64.1 Å². The Hall–Kier alpha value is -1.37. The zero-order valence-corrected chi connectivity index (χ0v) is 11.4. The second kappa shape index (κ2) is 5.51. The number of nitrogens with one attached hydrogen (secondary N) is 1. The molecule has 94 valence electrons. The third-order valence-corrected chi connectivity index (χ3v) is 3.67. The van der Waals surface area contributed by atoms with Crippen LogP contribution in [-0.2, 0) is 0 Å². The Bertz CT molecular complexity index is 588. The summed E-state index contributed by atoms with van der Waals surface area (Å²) in [5, 5.41) is 4.49. The van der Waals surface area contributed by atoms with Crippen LogP contribution in [0.3, 0.4) is 0 Å². The molecule has 0 atom stereocenters. The number of carbonyl (C=O) groups excluding carboxylic acids is 1. The number of methoxy groups -OCH3 is 1. The molecule has 2 aromatic rings. The highest BCUT2D eigenvalue weighted by atomic mass is 35.5. The maximum Gasteiger partial charge on any atom is 0.270 e. The van der Waals surface area contributed by atoms with Gasteiger partial charge in [-0.25, -0.2) is 9.97 Å².